The Kier molecular flexibility index (Phi) is 7.79. The third-order valence-corrected chi connectivity index (χ3v) is 5.27. The van der Waals surface area contributed by atoms with E-state index in [9.17, 15) is 24.3 Å². The number of benzene rings is 1. The zero-order valence-electron chi connectivity index (χ0n) is 18.3. The molecule has 9 nitrogen and oxygen atoms in total. The number of ether oxygens (including phenoxy) is 1. The summed E-state index contributed by atoms with van der Waals surface area (Å²) in [6, 6.07) is 2.36. The van der Waals surface area contributed by atoms with Crippen LogP contribution in [0.15, 0.2) is 21.3 Å². The van der Waals surface area contributed by atoms with Crippen LogP contribution in [0, 0.1) is 19.8 Å². The predicted octanol–water partition coefficient (Wildman–Crippen LogP) is 0.358. The van der Waals surface area contributed by atoms with Crippen molar-refractivity contribution in [2.75, 3.05) is 13.7 Å². The average molecular weight is 431 g/mol. The van der Waals surface area contributed by atoms with Crippen LogP contribution < -0.4 is 26.1 Å². The van der Waals surface area contributed by atoms with E-state index in [1.54, 1.807) is 32.9 Å². The van der Waals surface area contributed by atoms with Crippen LogP contribution in [-0.4, -0.2) is 37.5 Å². The summed E-state index contributed by atoms with van der Waals surface area (Å²) in [5, 5.41) is 16.5. The third kappa shape index (κ3) is 5.62. The highest BCUT2D eigenvalue weighted by molar-refractivity contribution is 5.91. The van der Waals surface area contributed by atoms with Crippen LogP contribution in [0.1, 0.15) is 37.0 Å². The number of carboxylic acid groups (broad SMARTS) is 1. The summed E-state index contributed by atoms with van der Waals surface area (Å²) in [6.45, 7) is 6.58. The summed E-state index contributed by atoms with van der Waals surface area (Å²) in [5.41, 5.74) is 1.28. The fourth-order valence-electron chi connectivity index (χ4n) is 3.30. The number of carboxylic acids is 1. The smallest absolute Gasteiger partial charge is 0.340 e. The maximum Gasteiger partial charge on any atom is 0.340 e. The van der Waals surface area contributed by atoms with Gasteiger partial charge in [-0.3, -0.25) is 9.59 Å². The van der Waals surface area contributed by atoms with Crippen molar-refractivity contribution in [3.8, 4) is 5.75 Å². The fraction of sp³-hybridized carbons (Fsp3) is 0.455. The van der Waals surface area contributed by atoms with E-state index in [2.05, 4.69) is 10.6 Å². The van der Waals surface area contributed by atoms with E-state index in [0.29, 0.717) is 28.7 Å². The minimum atomic E-state index is -1.39. The van der Waals surface area contributed by atoms with Crippen molar-refractivity contribution in [2.45, 2.75) is 46.6 Å². The fourth-order valence-corrected chi connectivity index (χ4v) is 3.30. The highest BCUT2D eigenvalue weighted by Crippen LogP contribution is 2.30. The molecule has 168 valence electrons. The van der Waals surface area contributed by atoms with Crippen molar-refractivity contribution in [3.05, 3.63) is 39.2 Å². The summed E-state index contributed by atoms with van der Waals surface area (Å²) in [6.07, 6.45) is 0.231. The van der Waals surface area contributed by atoms with Crippen molar-refractivity contribution in [1.29, 1.82) is 0 Å². The van der Waals surface area contributed by atoms with Crippen molar-refractivity contribution in [1.82, 2.24) is 10.6 Å². The van der Waals surface area contributed by atoms with E-state index in [0.717, 1.165) is 5.56 Å². The minimum Gasteiger partial charge on any atom is -0.548 e. The number of nitrogens with one attached hydrogen (secondary N) is 2. The van der Waals surface area contributed by atoms with Gasteiger partial charge in [0, 0.05) is 0 Å². The number of aliphatic carboxylic acids is 1. The minimum absolute atomic E-state index is 0.153. The second-order valence-electron chi connectivity index (χ2n) is 7.54. The Labute approximate surface area is 179 Å². The molecule has 0 aliphatic heterocycles. The number of methoxy groups -OCH3 is 1. The predicted molar refractivity (Wildman–Crippen MR) is 112 cm³/mol. The Morgan fingerprint density at radius 1 is 1.19 bits per heavy atom. The third-order valence-electron chi connectivity index (χ3n) is 5.27. The lowest BCUT2D eigenvalue weighted by Crippen LogP contribution is -2.53. The van der Waals surface area contributed by atoms with Crippen LogP contribution in [0.5, 0.6) is 5.75 Å². The Bertz CT molecular complexity index is 1060. The molecule has 0 aliphatic carbocycles. The van der Waals surface area contributed by atoms with E-state index in [1.165, 1.54) is 7.11 Å². The number of fused-ring (bicyclic) bond motifs is 1. The molecule has 0 saturated carbocycles. The molecular formula is C22H27N2O7-. The zero-order chi connectivity index (χ0) is 23.3. The first-order valence-electron chi connectivity index (χ1n) is 9.96. The number of aryl methyl sites for hydroxylation is 2. The van der Waals surface area contributed by atoms with Crippen LogP contribution in [0.2, 0.25) is 0 Å². The maximum absolute atomic E-state index is 12.4. The summed E-state index contributed by atoms with van der Waals surface area (Å²) in [5.74, 6) is -2.43. The van der Waals surface area contributed by atoms with Crippen LogP contribution in [0.25, 0.3) is 11.0 Å². The molecule has 1 aromatic carbocycles. The van der Waals surface area contributed by atoms with Gasteiger partial charge in [-0.05, 0) is 43.0 Å². The molecule has 1 aromatic heterocycles. The second-order valence-corrected chi connectivity index (χ2v) is 7.54. The molecule has 2 atom stereocenters. The van der Waals surface area contributed by atoms with Gasteiger partial charge in [-0.25, -0.2) is 4.79 Å². The molecular weight excluding hydrogens is 404 g/mol. The van der Waals surface area contributed by atoms with Crippen molar-refractivity contribution in [2.24, 2.45) is 5.92 Å². The van der Waals surface area contributed by atoms with Crippen LogP contribution in [0.4, 0.5) is 0 Å². The summed E-state index contributed by atoms with van der Waals surface area (Å²) < 4.78 is 10.8. The number of amides is 2. The molecule has 0 saturated heterocycles. The first-order valence-corrected chi connectivity index (χ1v) is 9.96. The van der Waals surface area contributed by atoms with E-state index in [1.807, 2.05) is 6.92 Å². The Morgan fingerprint density at radius 2 is 1.87 bits per heavy atom. The van der Waals surface area contributed by atoms with Crippen LogP contribution in [0.3, 0.4) is 0 Å². The van der Waals surface area contributed by atoms with Crippen molar-refractivity contribution >= 4 is 28.8 Å². The SMILES string of the molecule is CC[C@@H](C)[C@H](NC(=O)CNC(=O)Cc1c(C)c2c(OC)cc(C)cc2oc1=O)C(=O)[O-]. The monoisotopic (exact) mass is 431 g/mol. The summed E-state index contributed by atoms with van der Waals surface area (Å²) >= 11 is 0. The molecule has 2 rings (SSSR count). The highest BCUT2D eigenvalue weighted by Gasteiger charge is 2.21. The van der Waals surface area contributed by atoms with Gasteiger partial charge in [-0.15, -0.1) is 0 Å². The summed E-state index contributed by atoms with van der Waals surface area (Å²) in [4.78, 5) is 48.0. The Balaban J connectivity index is 2.14. The average Bonchev–Trinajstić information content (AvgIpc) is 2.71. The van der Waals surface area contributed by atoms with Crippen LogP contribution in [-0.2, 0) is 20.8 Å². The van der Waals surface area contributed by atoms with E-state index >= 15 is 0 Å². The van der Waals surface area contributed by atoms with Crippen molar-refractivity contribution < 1.29 is 28.6 Å². The van der Waals surface area contributed by atoms with E-state index in [4.69, 9.17) is 9.15 Å². The van der Waals surface area contributed by atoms with Gasteiger partial charge in [0.1, 0.15) is 11.3 Å². The lowest BCUT2D eigenvalue weighted by atomic mass is 9.99. The van der Waals surface area contributed by atoms with Gasteiger partial charge in [0.25, 0.3) is 0 Å². The molecule has 0 fully saturated rings. The highest BCUT2D eigenvalue weighted by atomic mass is 16.5. The second kappa shape index (κ2) is 10.1. The maximum atomic E-state index is 12.4. The number of carbonyl (C=O) groups excluding carboxylic acids is 3. The number of rotatable bonds is 9. The molecule has 0 aliphatic rings. The number of hydrogen-bond acceptors (Lipinski definition) is 7. The molecule has 31 heavy (non-hydrogen) atoms. The van der Waals surface area contributed by atoms with Gasteiger partial charge in [0.05, 0.1) is 43.0 Å². The van der Waals surface area contributed by atoms with Gasteiger partial charge < -0.3 is 29.7 Å². The molecule has 0 spiro atoms. The number of hydrogen-bond donors (Lipinski definition) is 2. The van der Waals surface area contributed by atoms with Gasteiger partial charge >= 0.3 is 5.63 Å². The Hall–Kier alpha value is -3.36. The quantitative estimate of drug-likeness (QED) is 0.547. The largest absolute Gasteiger partial charge is 0.548 e. The van der Waals surface area contributed by atoms with Gasteiger partial charge in [0.2, 0.25) is 11.8 Å². The molecule has 0 unspecified atom stereocenters. The molecule has 9 heteroatoms. The van der Waals surface area contributed by atoms with Crippen LogP contribution >= 0.6 is 0 Å². The van der Waals surface area contributed by atoms with Crippen molar-refractivity contribution in [3.63, 3.8) is 0 Å². The first-order chi connectivity index (χ1) is 14.6. The lowest BCUT2D eigenvalue weighted by Gasteiger charge is -2.25. The van der Waals surface area contributed by atoms with Gasteiger partial charge in [-0.1, -0.05) is 20.3 Å². The topological polar surface area (TPSA) is 138 Å². The molecule has 2 aromatic rings. The number of carbonyl (C=O) groups is 3. The molecule has 1 heterocycles. The molecule has 2 amide bonds. The summed E-state index contributed by atoms with van der Waals surface area (Å²) in [7, 11) is 1.50. The first kappa shape index (κ1) is 23.9. The van der Waals surface area contributed by atoms with Gasteiger partial charge in [0.15, 0.2) is 0 Å². The molecule has 0 radical (unpaired) electrons. The Morgan fingerprint density at radius 3 is 2.45 bits per heavy atom. The normalized spacial score (nSPS) is 12.8. The van der Waals surface area contributed by atoms with E-state index in [-0.39, 0.29) is 17.9 Å². The molecule has 2 N–H and O–H groups in total. The van der Waals surface area contributed by atoms with E-state index < -0.39 is 36.0 Å². The van der Waals surface area contributed by atoms with Gasteiger partial charge in [-0.2, -0.15) is 0 Å². The zero-order valence-corrected chi connectivity index (χ0v) is 18.3. The lowest BCUT2D eigenvalue weighted by molar-refractivity contribution is -0.309. The standard InChI is InChI=1S/C22H28N2O7/c1-6-12(3)20(21(27)28)24-18(26)10-23-17(25)9-14-13(4)19-15(30-5)7-11(2)8-16(19)31-22(14)29/h7-8,12,20H,6,9-10H2,1-5H3,(H,23,25)(H,24,26)(H,27,28)/p-1/t12-,20+/m1/s1. The molecule has 0 bridgehead atoms.